The Morgan fingerprint density at radius 1 is 0.826 bits per heavy atom. The summed E-state index contributed by atoms with van der Waals surface area (Å²) in [6.07, 6.45) is 4.78. The van der Waals surface area contributed by atoms with E-state index < -0.39 is 0 Å². The lowest BCUT2D eigenvalue weighted by molar-refractivity contribution is 0.217. The molecule has 0 fully saturated rings. The zero-order valence-electron chi connectivity index (χ0n) is 12.4. The Kier molecular flexibility index (Phi) is 4.97. The van der Waals surface area contributed by atoms with E-state index >= 15 is 0 Å². The molecule has 0 aliphatic carbocycles. The standard InChI is InChI=1S/C17H16N4O2/c1-2-4-16(5-3-1)22-10-11-23-17-8-6-15(7-9-17)12-20-21-13-18-19-14-21/h1-9,12-14H,10-11H2. The van der Waals surface area contributed by atoms with E-state index in [0.29, 0.717) is 13.2 Å². The highest BCUT2D eigenvalue weighted by Gasteiger charge is 1.96. The molecule has 2 aromatic carbocycles. The summed E-state index contributed by atoms with van der Waals surface area (Å²) in [5, 5.41) is 11.5. The number of hydrogen-bond donors (Lipinski definition) is 0. The highest BCUT2D eigenvalue weighted by atomic mass is 16.5. The lowest BCUT2D eigenvalue weighted by Gasteiger charge is -2.08. The Balaban J connectivity index is 1.44. The molecule has 0 atom stereocenters. The fourth-order valence-electron chi connectivity index (χ4n) is 1.87. The molecule has 23 heavy (non-hydrogen) atoms. The van der Waals surface area contributed by atoms with Gasteiger partial charge < -0.3 is 9.47 Å². The molecule has 0 saturated carbocycles. The SMILES string of the molecule is C(=Nn1cnnc1)c1ccc(OCCOc2ccccc2)cc1. The van der Waals surface area contributed by atoms with E-state index in [1.165, 1.54) is 17.3 Å². The molecule has 0 unspecified atom stereocenters. The van der Waals surface area contributed by atoms with Crippen LogP contribution in [0, 0.1) is 0 Å². The van der Waals surface area contributed by atoms with Gasteiger partial charge in [0.2, 0.25) is 0 Å². The topological polar surface area (TPSA) is 61.5 Å². The third kappa shape index (κ3) is 4.67. The highest BCUT2D eigenvalue weighted by molar-refractivity contribution is 5.79. The van der Waals surface area contributed by atoms with Crippen molar-refractivity contribution in [1.82, 2.24) is 14.9 Å². The fourth-order valence-corrected chi connectivity index (χ4v) is 1.87. The number of benzene rings is 2. The third-order valence-electron chi connectivity index (χ3n) is 2.99. The van der Waals surface area contributed by atoms with Crippen LogP contribution in [0.25, 0.3) is 0 Å². The molecule has 6 nitrogen and oxygen atoms in total. The van der Waals surface area contributed by atoms with Gasteiger partial charge in [-0.05, 0) is 42.0 Å². The summed E-state index contributed by atoms with van der Waals surface area (Å²) in [5.74, 6) is 1.64. The first-order chi connectivity index (χ1) is 11.4. The van der Waals surface area contributed by atoms with Crippen molar-refractivity contribution >= 4 is 6.21 Å². The van der Waals surface area contributed by atoms with Gasteiger partial charge in [0.15, 0.2) is 0 Å². The maximum atomic E-state index is 5.64. The monoisotopic (exact) mass is 308 g/mol. The van der Waals surface area contributed by atoms with Crippen LogP contribution in [0.1, 0.15) is 5.56 Å². The number of ether oxygens (including phenoxy) is 2. The molecule has 0 saturated heterocycles. The van der Waals surface area contributed by atoms with Gasteiger partial charge in [0, 0.05) is 0 Å². The van der Waals surface area contributed by atoms with Crippen LogP contribution in [0.15, 0.2) is 72.4 Å². The molecule has 0 spiro atoms. The minimum Gasteiger partial charge on any atom is -0.490 e. The minimum atomic E-state index is 0.489. The minimum absolute atomic E-state index is 0.489. The van der Waals surface area contributed by atoms with E-state index in [1.807, 2.05) is 54.6 Å². The third-order valence-corrected chi connectivity index (χ3v) is 2.99. The molecule has 1 aromatic heterocycles. The Morgan fingerprint density at radius 3 is 2.09 bits per heavy atom. The van der Waals surface area contributed by atoms with Crippen molar-refractivity contribution in [3.05, 3.63) is 72.8 Å². The summed E-state index contributed by atoms with van der Waals surface area (Å²) < 4.78 is 12.7. The van der Waals surface area contributed by atoms with E-state index in [0.717, 1.165) is 17.1 Å². The van der Waals surface area contributed by atoms with Crippen molar-refractivity contribution in [2.24, 2.45) is 5.10 Å². The second-order valence-corrected chi connectivity index (χ2v) is 4.67. The quantitative estimate of drug-likeness (QED) is 0.497. The predicted octanol–water partition coefficient (Wildman–Crippen LogP) is 2.62. The average molecular weight is 308 g/mol. The Hall–Kier alpha value is -3.15. The predicted molar refractivity (Wildman–Crippen MR) is 86.9 cm³/mol. The zero-order chi connectivity index (χ0) is 15.7. The van der Waals surface area contributed by atoms with Crippen molar-refractivity contribution in [3.8, 4) is 11.5 Å². The number of para-hydroxylation sites is 1. The molecule has 0 bridgehead atoms. The maximum Gasteiger partial charge on any atom is 0.141 e. The average Bonchev–Trinajstić information content (AvgIpc) is 3.12. The summed E-state index contributed by atoms with van der Waals surface area (Å²) in [6.45, 7) is 0.990. The van der Waals surface area contributed by atoms with E-state index in [9.17, 15) is 0 Å². The van der Waals surface area contributed by atoms with Gasteiger partial charge >= 0.3 is 0 Å². The van der Waals surface area contributed by atoms with Crippen LogP contribution in [0.5, 0.6) is 11.5 Å². The molecule has 116 valence electrons. The van der Waals surface area contributed by atoms with Crippen LogP contribution in [0.2, 0.25) is 0 Å². The van der Waals surface area contributed by atoms with Crippen LogP contribution in [0.3, 0.4) is 0 Å². The largest absolute Gasteiger partial charge is 0.490 e. The van der Waals surface area contributed by atoms with E-state index in [4.69, 9.17) is 9.47 Å². The first kappa shape index (κ1) is 14.8. The lowest BCUT2D eigenvalue weighted by atomic mass is 10.2. The van der Waals surface area contributed by atoms with Crippen LogP contribution >= 0.6 is 0 Å². The second kappa shape index (κ2) is 7.74. The fraction of sp³-hybridized carbons (Fsp3) is 0.118. The molecule has 3 aromatic rings. The summed E-state index contributed by atoms with van der Waals surface area (Å²) >= 11 is 0. The normalized spacial score (nSPS) is 10.8. The summed E-state index contributed by atoms with van der Waals surface area (Å²) in [6, 6.07) is 17.3. The van der Waals surface area contributed by atoms with Gasteiger partial charge in [-0.2, -0.15) is 5.10 Å². The molecular formula is C17H16N4O2. The van der Waals surface area contributed by atoms with E-state index in [2.05, 4.69) is 15.3 Å². The zero-order valence-corrected chi connectivity index (χ0v) is 12.4. The number of rotatable bonds is 7. The van der Waals surface area contributed by atoms with Crippen molar-refractivity contribution < 1.29 is 9.47 Å². The lowest BCUT2D eigenvalue weighted by Crippen LogP contribution is -2.08. The van der Waals surface area contributed by atoms with E-state index in [1.54, 1.807) is 6.21 Å². The van der Waals surface area contributed by atoms with Crippen LogP contribution in [-0.4, -0.2) is 34.3 Å². The van der Waals surface area contributed by atoms with E-state index in [-0.39, 0.29) is 0 Å². The molecule has 0 aliphatic heterocycles. The number of hydrogen-bond acceptors (Lipinski definition) is 5. The van der Waals surface area contributed by atoms with Gasteiger partial charge in [0.05, 0.1) is 6.21 Å². The van der Waals surface area contributed by atoms with Gasteiger partial charge in [0.25, 0.3) is 0 Å². The van der Waals surface area contributed by atoms with Gasteiger partial charge in [-0.3, -0.25) is 0 Å². The van der Waals surface area contributed by atoms with Crippen molar-refractivity contribution in [1.29, 1.82) is 0 Å². The highest BCUT2D eigenvalue weighted by Crippen LogP contribution is 2.12. The van der Waals surface area contributed by atoms with Gasteiger partial charge in [0.1, 0.15) is 37.4 Å². The van der Waals surface area contributed by atoms with Gasteiger partial charge in [-0.25, -0.2) is 4.68 Å². The molecule has 0 N–H and O–H groups in total. The summed E-state index contributed by atoms with van der Waals surface area (Å²) in [7, 11) is 0. The first-order valence-electron chi connectivity index (χ1n) is 7.20. The molecule has 0 amide bonds. The van der Waals surface area contributed by atoms with Crippen LogP contribution in [0.4, 0.5) is 0 Å². The van der Waals surface area contributed by atoms with Crippen LogP contribution in [-0.2, 0) is 0 Å². The van der Waals surface area contributed by atoms with Gasteiger partial charge in [-0.15, -0.1) is 10.2 Å². The second-order valence-electron chi connectivity index (χ2n) is 4.67. The Bertz CT molecular complexity index is 725. The molecule has 3 rings (SSSR count). The molecule has 6 heteroatoms. The van der Waals surface area contributed by atoms with Gasteiger partial charge in [-0.1, -0.05) is 18.2 Å². The molecule has 1 heterocycles. The summed E-state index contributed by atoms with van der Waals surface area (Å²) in [4.78, 5) is 0. The van der Waals surface area contributed by atoms with Crippen molar-refractivity contribution in [2.75, 3.05) is 13.2 Å². The Labute approximate surface area is 134 Å². The smallest absolute Gasteiger partial charge is 0.141 e. The van der Waals surface area contributed by atoms with Crippen molar-refractivity contribution in [2.45, 2.75) is 0 Å². The molecule has 0 aliphatic rings. The van der Waals surface area contributed by atoms with Crippen LogP contribution < -0.4 is 9.47 Å². The maximum absolute atomic E-state index is 5.64. The first-order valence-corrected chi connectivity index (χ1v) is 7.20. The summed E-state index contributed by atoms with van der Waals surface area (Å²) in [5.41, 5.74) is 0.964. The number of aromatic nitrogens is 3. The molecule has 0 radical (unpaired) electrons. The number of nitrogens with zero attached hydrogens (tertiary/aromatic N) is 4. The van der Waals surface area contributed by atoms with Crippen molar-refractivity contribution in [3.63, 3.8) is 0 Å². The molecular weight excluding hydrogens is 292 g/mol. The Morgan fingerprint density at radius 2 is 1.43 bits per heavy atom.